The van der Waals surface area contributed by atoms with Crippen molar-refractivity contribution in [3.63, 3.8) is 0 Å². The normalized spacial score (nSPS) is 15.8. The van der Waals surface area contributed by atoms with Gasteiger partial charge in [-0.15, -0.1) is 11.3 Å². The zero-order chi connectivity index (χ0) is 22.4. The molecule has 2 aromatic rings. The quantitative estimate of drug-likeness (QED) is 0.584. The molecular formula is C19H22FN3O6S2. The number of carbonyl (C=O) groups excluding carboxylic acids is 2. The average Bonchev–Trinajstić information content (AvgIpc) is 3.23. The molecule has 0 aliphatic carbocycles. The van der Waals surface area contributed by atoms with Gasteiger partial charge in [0.25, 0.3) is 15.9 Å². The smallest absolute Gasteiger partial charge is 0.279 e. The van der Waals surface area contributed by atoms with E-state index in [4.69, 9.17) is 9.47 Å². The van der Waals surface area contributed by atoms with Gasteiger partial charge in [0.2, 0.25) is 5.91 Å². The van der Waals surface area contributed by atoms with Crippen LogP contribution in [0.3, 0.4) is 0 Å². The summed E-state index contributed by atoms with van der Waals surface area (Å²) >= 11 is 0.995. The maximum atomic E-state index is 13.6. The monoisotopic (exact) mass is 471 g/mol. The summed E-state index contributed by atoms with van der Waals surface area (Å²) in [6.07, 6.45) is -1.17. The lowest BCUT2D eigenvalue weighted by atomic mass is 10.3. The number of hydrogen-bond donors (Lipinski definition) is 2. The fourth-order valence-corrected chi connectivity index (χ4v) is 5.64. The fourth-order valence-electron chi connectivity index (χ4n) is 2.73. The van der Waals surface area contributed by atoms with E-state index in [2.05, 4.69) is 10.9 Å². The van der Waals surface area contributed by atoms with Crippen molar-refractivity contribution in [2.24, 2.45) is 0 Å². The van der Waals surface area contributed by atoms with Crippen molar-refractivity contribution < 1.29 is 31.9 Å². The standard InChI is InChI=1S/C19H22FN3O6S2/c1-13(29-16-5-3-2-4-15(16)20)19(25)22-21-17(24)12-14-6-7-18(30-14)31(26,27)23-8-10-28-11-9-23/h2-7,13H,8-12H2,1H3,(H,21,24)(H,22,25). The third-order valence-electron chi connectivity index (χ3n) is 4.37. The zero-order valence-corrected chi connectivity index (χ0v) is 18.3. The van der Waals surface area contributed by atoms with Crippen LogP contribution in [-0.2, 0) is 30.8 Å². The summed E-state index contributed by atoms with van der Waals surface area (Å²) in [5.74, 6) is -1.89. The van der Waals surface area contributed by atoms with Crippen molar-refractivity contribution in [2.45, 2.75) is 23.7 Å². The summed E-state index contributed by atoms with van der Waals surface area (Å²) in [6, 6.07) is 8.67. The second kappa shape index (κ2) is 10.2. The maximum Gasteiger partial charge on any atom is 0.279 e. The van der Waals surface area contributed by atoms with Crippen LogP contribution in [0.1, 0.15) is 11.8 Å². The SMILES string of the molecule is CC(Oc1ccccc1F)C(=O)NNC(=O)Cc1ccc(S(=O)(=O)N2CCOCC2)s1. The highest BCUT2D eigenvalue weighted by Gasteiger charge is 2.28. The summed E-state index contributed by atoms with van der Waals surface area (Å²) in [4.78, 5) is 24.7. The lowest BCUT2D eigenvalue weighted by Crippen LogP contribution is -2.47. The molecule has 0 bridgehead atoms. The van der Waals surface area contributed by atoms with E-state index in [1.807, 2.05) is 0 Å². The number of rotatable bonds is 7. The summed E-state index contributed by atoms with van der Waals surface area (Å²) in [7, 11) is -3.62. The molecule has 9 nitrogen and oxygen atoms in total. The number of nitrogens with one attached hydrogen (secondary N) is 2. The lowest BCUT2D eigenvalue weighted by Gasteiger charge is -2.25. The van der Waals surface area contributed by atoms with E-state index in [0.717, 1.165) is 11.3 Å². The van der Waals surface area contributed by atoms with Crippen LogP contribution >= 0.6 is 11.3 Å². The summed E-state index contributed by atoms with van der Waals surface area (Å²) in [5, 5.41) is 0. The molecule has 3 rings (SSSR count). The first-order chi connectivity index (χ1) is 14.8. The molecule has 2 N–H and O–H groups in total. The van der Waals surface area contributed by atoms with Gasteiger partial charge in [-0.3, -0.25) is 20.4 Å². The van der Waals surface area contributed by atoms with Crippen LogP contribution in [-0.4, -0.2) is 56.9 Å². The molecule has 0 saturated carbocycles. The van der Waals surface area contributed by atoms with Gasteiger partial charge in [0.05, 0.1) is 19.6 Å². The highest BCUT2D eigenvalue weighted by atomic mass is 32.2. The van der Waals surface area contributed by atoms with Crippen molar-refractivity contribution in [1.29, 1.82) is 0 Å². The van der Waals surface area contributed by atoms with Crippen LogP contribution in [0.5, 0.6) is 5.75 Å². The minimum absolute atomic E-state index is 0.0796. The number of thiophene rings is 1. The second-order valence-corrected chi connectivity index (χ2v) is 9.98. The third-order valence-corrected chi connectivity index (χ3v) is 7.82. The number of morpholine rings is 1. The molecule has 1 aliphatic rings. The van der Waals surface area contributed by atoms with Gasteiger partial charge in [0.15, 0.2) is 17.7 Å². The summed E-state index contributed by atoms with van der Waals surface area (Å²) in [6.45, 7) is 2.68. The molecule has 1 aliphatic heterocycles. The van der Waals surface area contributed by atoms with E-state index < -0.39 is 33.8 Å². The number of benzene rings is 1. The van der Waals surface area contributed by atoms with Crippen molar-refractivity contribution in [2.75, 3.05) is 26.3 Å². The first-order valence-electron chi connectivity index (χ1n) is 9.44. The first-order valence-corrected chi connectivity index (χ1v) is 11.7. The van der Waals surface area contributed by atoms with E-state index >= 15 is 0 Å². The zero-order valence-electron chi connectivity index (χ0n) is 16.7. The number of ether oxygens (including phenoxy) is 2. The van der Waals surface area contributed by atoms with Crippen LogP contribution in [0.2, 0.25) is 0 Å². The summed E-state index contributed by atoms with van der Waals surface area (Å²) < 4.78 is 50.8. The van der Waals surface area contributed by atoms with Crippen LogP contribution < -0.4 is 15.6 Å². The van der Waals surface area contributed by atoms with Crippen LogP contribution in [0.25, 0.3) is 0 Å². The number of hydrazine groups is 1. The molecular weight excluding hydrogens is 449 g/mol. The Morgan fingerprint density at radius 3 is 2.61 bits per heavy atom. The van der Waals surface area contributed by atoms with Gasteiger partial charge in [-0.1, -0.05) is 12.1 Å². The van der Waals surface area contributed by atoms with Gasteiger partial charge in [0, 0.05) is 18.0 Å². The topological polar surface area (TPSA) is 114 Å². The van der Waals surface area contributed by atoms with Crippen LogP contribution in [0, 0.1) is 5.82 Å². The Morgan fingerprint density at radius 2 is 1.90 bits per heavy atom. The number of nitrogens with zero attached hydrogens (tertiary/aromatic N) is 1. The van der Waals surface area contributed by atoms with Crippen molar-refractivity contribution in [1.82, 2.24) is 15.2 Å². The molecule has 31 heavy (non-hydrogen) atoms. The number of hydrogen-bond acceptors (Lipinski definition) is 7. The third kappa shape index (κ3) is 6.00. The highest BCUT2D eigenvalue weighted by Crippen LogP contribution is 2.26. The lowest BCUT2D eigenvalue weighted by molar-refractivity contribution is -0.132. The van der Waals surface area contributed by atoms with Crippen molar-refractivity contribution in [3.05, 3.63) is 47.1 Å². The molecule has 2 heterocycles. The molecule has 12 heteroatoms. The maximum absolute atomic E-state index is 13.6. The Morgan fingerprint density at radius 1 is 1.19 bits per heavy atom. The number of sulfonamides is 1. The number of carbonyl (C=O) groups is 2. The predicted octanol–water partition coefficient (Wildman–Crippen LogP) is 1.07. The molecule has 1 fully saturated rings. The molecule has 2 amide bonds. The Balaban J connectivity index is 1.50. The van der Waals surface area contributed by atoms with Crippen LogP contribution in [0.15, 0.2) is 40.6 Å². The van der Waals surface area contributed by atoms with Gasteiger partial charge in [-0.2, -0.15) is 4.31 Å². The molecule has 1 aromatic heterocycles. The number of para-hydroxylation sites is 1. The number of amides is 2. The molecule has 168 valence electrons. The minimum atomic E-state index is -3.62. The van der Waals surface area contributed by atoms with E-state index in [-0.39, 0.29) is 29.5 Å². The highest BCUT2D eigenvalue weighted by molar-refractivity contribution is 7.91. The number of halogens is 1. The summed E-state index contributed by atoms with van der Waals surface area (Å²) in [5.41, 5.74) is 4.45. The fraction of sp³-hybridized carbons (Fsp3) is 0.368. The van der Waals surface area contributed by atoms with Crippen molar-refractivity contribution in [3.8, 4) is 5.75 Å². The molecule has 0 spiro atoms. The van der Waals surface area contributed by atoms with E-state index in [1.165, 1.54) is 35.5 Å². The molecule has 1 atom stereocenters. The second-order valence-electron chi connectivity index (χ2n) is 6.64. The Bertz CT molecular complexity index is 1040. The van der Waals surface area contributed by atoms with Crippen molar-refractivity contribution >= 4 is 33.2 Å². The predicted molar refractivity (Wildman–Crippen MR) is 110 cm³/mol. The molecule has 1 unspecified atom stereocenters. The Kier molecular flexibility index (Phi) is 7.59. The first kappa shape index (κ1) is 23.1. The average molecular weight is 472 g/mol. The van der Waals surface area contributed by atoms with Gasteiger partial charge >= 0.3 is 0 Å². The molecule has 1 aromatic carbocycles. The van der Waals surface area contributed by atoms with Gasteiger partial charge in [0.1, 0.15) is 4.21 Å². The largest absolute Gasteiger partial charge is 0.478 e. The molecule has 1 saturated heterocycles. The van der Waals surface area contributed by atoms with Gasteiger partial charge < -0.3 is 9.47 Å². The minimum Gasteiger partial charge on any atom is -0.478 e. The van der Waals surface area contributed by atoms with Gasteiger partial charge in [-0.25, -0.2) is 12.8 Å². The van der Waals surface area contributed by atoms with E-state index in [0.29, 0.717) is 18.1 Å². The van der Waals surface area contributed by atoms with Crippen LogP contribution in [0.4, 0.5) is 4.39 Å². The Hall–Kier alpha value is -2.54. The molecule has 0 radical (unpaired) electrons. The Labute approximate surface area is 183 Å². The van der Waals surface area contributed by atoms with E-state index in [9.17, 15) is 22.4 Å². The van der Waals surface area contributed by atoms with Gasteiger partial charge in [-0.05, 0) is 31.2 Å². The van der Waals surface area contributed by atoms with E-state index in [1.54, 1.807) is 12.1 Å².